The van der Waals surface area contributed by atoms with E-state index in [-0.39, 0.29) is 18.2 Å². The molecule has 0 atom stereocenters. The van der Waals surface area contributed by atoms with Crippen molar-refractivity contribution in [2.24, 2.45) is 10.1 Å². The molecular formula is C19H12N4O3S. The third-order valence-corrected chi connectivity index (χ3v) is 5.14. The normalized spacial score (nSPS) is 19.3. The first-order valence-electron chi connectivity index (χ1n) is 8.14. The van der Waals surface area contributed by atoms with Gasteiger partial charge < -0.3 is 9.47 Å². The number of aliphatic imine (C=N–C) groups is 1. The molecule has 0 spiro atoms. The molecule has 1 amide bonds. The number of ether oxygens (including phenoxy) is 2. The molecule has 3 heterocycles. The van der Waals surface area contributed by atoms with Gasteiger partial charge in [0.05, 0.1) is 5.57 Å². The first-order chi connectivity index (χ1) is 13.2. The van der Waals surface area contributed by atoms with Crippen molar-refractivity contribution in [1.29, 1.82) is 5.41 Å². The Hall–Kier alpha value is -3.39. The molecule has 0 saturated heterocycles. The fourth-order valence-electron chi connectivity index (χ4n) is 2.86. The Balaban J connectivity index is 1.49. The Kier molecular flexibility index (Phi) is 3.58. The number of thioether (sulfide) groups is 1. The number of amides is 1. The van der Waals surface area contributed by atoms with Gasteiger partial charge in [0.1, 0.15) is 5.04 Å². The zero-order valence-corrected chi connectivity index (χ0v) is 14.7. The van der Waals surface area contributed by atoms with E-state index in [4.69, 9.17) is 14.9 Å². The van der Waals surface area contributed by atoms with Crippen LogP contribution in [0.3, 0.4) is 0 Å². The van der Waals surface area contributed by atoms with Crippen molar-refractivity contribution < 1.29 is 14.3 Å². The summed E-state index contributed by atoms with van der Waals surface area (Å²) >= 11 is 1.28. The van der Waals surface area contributed by atoms with Crippen molar-refractivity contribution in [3.8, 4) is 11.5 Å². The zero-order chi connectivity index (χ0) is 18.4. The van der Waals surface area contributed by atoms with Gasteiger partial charge in [-0.3, -0.25) is 10.2 Å². The van der Waals surface area contributed by atoms with Crippen molar-refractivity contribution >= 4 is 39.8 Å². The minimum Gasteiger partial charge on any atom is -0.454 e. The van der Waals surface area contributed by atoms with Crippen LogP contribution in [0.4, 0.5) is 0 Å². The van der Waals surface area contributed by atoms with Gasteiger partial charge >= 0.3 is 0 Å². The van der Waals surface area contributed by atoms with Crippen molar-refractivity contribution in [3.05, 3.63) is 65.2 Å². The largest absolute Gasteiger partial charge is 0.454 e. The van der Waals surface area contributed by atoms with Crippen LogP contribution in [-0.2, 0) is 4.79 Å². The van der Waals surface area contributed by atoms with Crippen molar-refractivity contribution in [3.63, 3.8) is 0 Å². The summed E-state index contributed by atoms with van der Waals surface area (Å²) in [6, 6.07) is 15.0. The van der Waals surface area contributed by atoms with Crippen LogP contribution in [-0.4, -0.2) is 33.8 Å². The number of benzene rings is 2. The number of carbonyl (C=O) groups excluding carboxylic acids is 1. The maximum absolute atomic E-state index is 12.5. The number of rotatable bonds is 2. The van der Waals surface area contributed by atoms with E-state index in [9.17, 15) is 4.79 Å². The van der Waals surface area contributed by atoms with Crippen molar-refractivity contribution in [2.45, 2.75) is 0 Å². The molecule has 132 valence electrons. The average molecular weight is 376 g/mol. The number of carbonyl (C=O) groups is 1. The number of hydrogen-bond acceptors (Lipinski definition) is 6. The van der Waals surface area contributed by atoms with Crippen LogP contribution >= 0.6 is 11.8 Å². The number of amidine groups is 2. The molecule has 0 saturated carbocycles. The van der Waals surface area contributed by atoms with Crippen LogP contribution in [0, 0.1) is 5.41 Å². The fraction of sp³-hybridized carbons (Fsp3) is 0.0526. The lowest BCUT2D eigenvalue weighted by Gasteiger charge is -2.20. The van der Waals surface area contributed by atoms with Gasteiger partial charge in [-0.2, -0.15) is 15.1 Å². The zero-order valence-electron chi connectivity index (χ0n) is 13.9. The standard InChI is InChI=1S/C19H12N4O3S/c20-16-13(8-11-6-7-14-15(9-11)26-10-25-14)17(24)21-19-23(16)22-18(27-19)12-4-2-1-3-5-12/h1-9,20H,10H2. The predicted molar refractivity (Wildman–Crippen MR) is 103 cm³/mol. The van der Waals surface area contributed by atoms with Gasteiger partial charge in [-0.1, -0.05) is 36.4 Å². The molecule has 0 radical (unpaired) electrons. The fourth-order valence-corrected chi connectivity index (χ4v) is 3.76. The Morgan fingerprint density at radius 3 is 2.78 bits per heavy atom. The molecule has 5 rings (SSSR count). The lowest BCUT2D eigenvalue weighted by Crippen LogP contribution is -2.35. The Morgan fingerprint density at radius 1 is 1.11 bits per heavy atom. The highest BCUT2D eigenvalue weighted by Crippen LogP contribution is 2.34. The highest BCUT2D eigenvalue weighted by Gasteiger charge is 2.36. The quantitative estimate of drug-likeness (QED) is 0.814. The van der Waals surface area contributed by atoms with Gasteiger partial charge in [0.25, 0.3) is 5.91 Å². The number of fused-ring (bicyclic) bond motifs is 2. The molecule has 1 N–H and O–H groups in total. The van der Waals surface area contributed by atoms with E-state index < -0.39 is 5.91 Å². The predicted octanol–water partition coefficient (Wildman–Crippen LogP) is 3.08. The number of nitrogens with zero attached hydrogens (tertiary/aromatic N) is 3. The Morgan fingerprint density at radius 2 is 1.93 bits per heavy atom. The van der Waals surface area contributed by atoms with Crippen LogP contribution in [0.2, 0.25) is 0 Å². The average Bonchev–Trinajstić information content (AvgIpc) is 3.32. The molecule has 8 heteroatoms. The van der Waals surface area contributed by atoms with E-state index in [1.54, 1.807) is 24.3 Å². The molecule has 3 aliphatic rings. The van der Waals surface area contributed by atoms with Crippen LogP contribution in [0.15, 0.2) is 64.2 Å². The van der Waals surface area contributed by atoms with E-state index in [1.165, 1.54) is 16.8 Å². The first-order valence-corrected chi connectivity index (χ1v) is 8.96. The molecule has 2 aromatic rings. The minimum atomic E-state index is -0.457. The molecule has 0 aliphatic carbocycles. The van der Waals surface area contributed by atoms with Gasteiger partial charge in [-0.05, 0) is 35.5 Å². The molecular weight excluding hydrogens is 364 g/mol. The summed E-state index contributed by atoms with van der Waals surface area (Å²) in [5, 5.41) is 15.4. The first kappa shape index (κ1) is 15.8. The van der Waals surface area contributed by atoms with E-state index in [1.807, 2.05) is 30.3 Å². The summed E-state index contributed by atoms with van der Waals surface area (Å²) in [5.41, 5.74) is 1.82. The van der Waals surface area contributed by atoms with Gasteiger partial charge in [-0.15, -0.1) is 0 Å². The monoisotopic (exact) mass is 376 g/mol. The molecule has 0 fully saturated rings. The molecule has 27 heavy (non-hydrogen) atoms. The topological polar surface area (TPSA) is 87.3 Å². The van der Waals surface area contributed by atoms with Crippen LogP contribution in [0.1, 0.15) is 11.1 Å². The number of hydrazone groups is 1. The van der Waals surface area contributed by atoms with E-state index >= 15 is 0 Å². The summed E-state index contributed by atoms with van der Waals surface area (Å²) in [4.78, 5) is 16.6. The van der Waals surface area contributed by atoms with Gasteiger partial charge in [0, 0.05) is 5.56 Å². The number of nitrogens with one attached hydrogen (secondary N) is 1. The summed E-state index contributed by atoms with van der Waals surface area (Å²) in [7, 11) is 0. The molecule has 3 aliphatic heterocycles. The molecule has 0 bridgehead atoms. The highest BCUT2D eigenvalue weighted by atomic mass is 32.2. The lowest BCUT2D eigenvalue weighted by atomic mass is 10.1. The van der Waals surface area contributed by atoms with Crippen LogP contribution in [0.5, 0.6) is 11.5 Å². The Labute approximate surface area is 158 Å². The Bertz CT molecular complexity index is 1080. The second kappa shape index (κ2) is 6.10. The third-order valence-electron chi connectivity index (χ3n) is 4.18. The second-order valence-electron chi connectivity index (χ2n) is 5.90. The number of hydrogen-bond donors (Lipinski definition) is 1. The summed E-state index contributed by atoms with van der Waals surface area (Å²) in [6.45, 7) is 0.180. The molecule has 2 aromatic carbocycles. The van der Waals surface area contributed by atoms with Gasteiger partial charge in [-0.25, -0.2) is 0 Å². The van der Waals surface area contributed by atoms with E-state index in [0.717, 1.165) is 11.1 Å². The maximum Gasteiger partial charge on any atom is 0.283 e. The maximum atomic E-state index is 12.5. The van der Waals surface area contributed by atoms with E-state index in [2.05, 4.69) is 10.1 Å². The van der Waals surface area contributed by atoms with Crippen LogP contribution in [0.25, 0.3) is 6.08 Å². The van der Waals surface area contributed by atoms with Gasteiger partial charge in [0.2, 0.25) is 12.0 Å². The van der Waals surface area contributed by atoms with Crippen LogP contribution < -0.4 is 9.47 Å². The third kappa shape index (κ3) is 2.70. The molecule has 0 unspecified atom stereocenters. The summed E-state index contributed by atoms with van der Waals surface area (Å²) in [6.07, 6.45) is 1.62. The molecule has 0 aromatic heterocycles. The smallest absolute Gasteiger partial charge is 0.283 e. The van der Waals surface area contributed by atoms with Gasteiger partial charge in [0.15, 0.2) is 17.3 Å². The lowest BCUT2D eigenvalue weighted by molar-refractivity contribution is -0.114. The summed E-state index contributed by atoms with van der Waals surface area (Å²) in [5.74, 6) is 0.821. The van der Waals surface area contributed by atoms with Crippen molar-refractivity contribution in [2.75, 3.05) is 6.79 Å². The molecule has 7 nitrogen and oxygen atoms in total. The van der Waals surface area contributed by atoms with Crippen molar-refractivity contribution in [1.82, 2.24) is 5.01 Å². The summed E-state index contributed by atoms with van der Waals surface area (Å²) < 4.78 is 10.7. The second-order valence-corrected chi connectivity index (χ2v) is 6.86. The minimum absolute atomic E-state index is 0.00102. The SMILES string of the molecule is N=C1C(=Cc2ccc3c(c2)OCO3)C(=O)N=C2SC(c3ccccc3)=NN12. The highest BCUT2D eigenvalue weighted by molar-refractivity contribution is 8.27. The van der Waals surface area contributed by atoms with E-state index in [0.29, 0.717) is 21.7 Å².